The number of thioether (sulfide) groups is 1. The zero-order valence-corrected chi connectivity index (χ0v) is 12.2. The molecule has 1 rings (SSSR count). The lowest BCUT2D eigenvalue weighted by atomic mass is 10.1. The molecule has 0 fully saturated rings. The molecule has 1 aromatic carbocycles. The van der Waals surface area contributed by atoms with Crippen LogP contribution in [0.1, 0.15) is 31.4 Å². The highest BCUT2D eigenvalue weighted by molar-refractivity contribution is 7.99. The summed E-state index contributed by atoms with van der Waals surface area (Å²) in [6, 6.07) is 9.48. The SMILES string of the molecule is CC(C)CCOC(=O)CSCc1ccc(C#N)cc1. The Balaban J connectivity index is 2.19. The van der Waals surface area contributed by atoms with Gasteiger partial charge in [0.05, 0.1) is 24.0 Å². The number of rotatable bonds is 7. The Morgan fingerprint density at radius 1 is 1.37 bits per heavy atom. The standard InChI is InChI=1S/C15H19NO2S/c1-12(2)7-8-18-15(17)11-19-10-14-5-3-13(9-16)4-6-14/h3-6,12H,7-8,10-11H2,1-2H3. The summed E-state index contributed by atoms with van der Waals surface area (Å²) in [7, 11) is 0. The maximum absolute atomic E-state index is 11.4. The van der Waals surface area contributed by atoms with E-state index < -0.39 is 0 Å². The summed E-state index contributed by atoms with van der Waals surface area (Å²) in [5.74, 6) is 1.53. The molecule has 0 heterocycles. The first-order valence-corrected chi connectivity index (χ1v) is 7.49. The molecule has 0 aromatic heterocycles. The Hall–Kier alpha value is -1.47. The van der Waals surface area contributed by atoms with Gasteiger partial charge in [-0.15, -0.1) is 11.8 Å². The van der Waals surface area contributed by atoms with Gasteiger partial charge < -0.3 is 4.74 Å². The Labute approximate surface area is 119 Å². The first kappa shape index (κ1) is 15.6. The van der Waals surface area contributed by atoms with Gasteiger partial charge >= 0.3 is 5.97 Å². The van der Waals surface area contributed by atoms with Crippen LogP contribution in [0, 0.1) is 17.2 Å². The first-order chi connectivity index (χ1) is 9.11. The Kier molecular flexibility index (Phi) is 7.06. The van der Waals surface area contributed by atoms with Gasteiger partial charge in [0.15, 0.2) is 0 Å². The van der Waals surface area contributed by atoms with Crippen molar-refractivity contribution in [2.24, 2.45) is 5.92 Å². The minimum Gasteiger partial charge on any atom is -0.465 e. The normalized spacial score (nSPS) is 10.2. The average molecular weight is 277 g/mol. The van der Waals surface area contributed by atoms with Gasteiger partial charge in [0.1, 0.15) is 0 Å². The Morgan fingerprint density at radius 3 is 2.63 bits per heavy atom. The molecular formula is C15H19NO2S. The van der Waals surface area contributed by atoms with Crippen LogP contribution in [0.4, 0.5) is 0 Å². The zero-order valence-electron chi connectivity index (χ0n) is 11.4. The van der Waals surface area contributed by atoms with Crippen molar-refractivity contribution in [2.45, 2.75) is 26.0 Å². The quantitative estimate of drug-likeness (QED) is 0.717. The third kappa shape index (κ3) is 6.88. The van der Waals surface area contributed by atoms with Gasteiger partial charge in [-0.1, -0.05) is 26.0 Å². The summed E-state index contributed by atoms with van der Waals surface area (Å²) in [5, 5.41) is 8.68. The predicted octanol–water partition coefficient (Wildman–Crippen LogP) is 3.38. The van der Waals surface area contributed by atoms with Crippen molar-refractivity contribution >= 4 is 17.7 Å². The molecule has 3 nitrogen and oxygen atoms in total. The lowest BCUT2D eigenvalue weighted by Gasteiger charge is -2.06. The van der Waals surface area contributed by atoms with Gasteiger partial charge in [0.25, 0.3) is 0 Å². The lowest BCUT2D eigenvalue weighted by molar-refractivity contribution is -0.140. The van der Waals surface area contributed by atoms with E-state index in [1.165, 1.54) is 11.8 Å². The molecule has 0 aliphatic rings. The molecule has 0 radical (unpaired) electrons. The van der Waals surface area contributed by atoms with Crippen LogP contribution < -0.4 is 0 Å². The van der Waals surface area contributed by atoms with E-state index in [9.17, 15) is 4.79 Å². The smallest absolute Gasteiger partial charge is 0.315 e. The maximum Gasteiger partial charge on any atom is 0.315 e. The molecular weight excluding hydrogens is 258 g/mol. The Bertz CT molecular complexity index is 434. The predicted molar refractivity (Wildman–Crippen MR) is 77.7 cm³/mol. The van der Waals surface area contributed by atoms with Crippen molar-refractivity contribution in [3.05, 3.63) is 35.4 Å². The van der Waals surface area contributed by atoms with Crippen molar-refractivity contribution in [1.82, 2.24) is 0 Å². The average Bonchev–Trinajstić information content (AvgIpc) is 2.39. The van der Waals surface area contributed by atoms with Crippen molar-refractivity contribution in [2.75, 3.05) is 12.4 Å². The minimum absolute atomic E-state index is 0.153. The van der Waals surface area contributed by atoms with Crippen LogP contribution in [0.25, 0.3) is 0 Å². The second kappa shape index (κ2) is 8.60. The van der Waals surface area contributed by atoms with Crippen LogP contribution >= 0.6 is 11.8 Å². The van der Waals surface area contributed by atoms with Gasteiger partial charge in [0, 0.05) is 5.75 Å². The fourth-order valence-electron chi connectivity index (χ4n) is 1.38. The molecule has 0 aliphatic heterocycles. The van der Waals surface area contributed by atoms with Gasteiger partial charge in [-0.05, 0) is 30.0 Å². The number of carbonyl (C=O) groups is 1. The number of nitrogens with zero attached hydrogens (tertiary/aromatic N) is 1. The molecule has 0 atom stereocenters. The zero-order chi connectivity index (χ0) is 14.1. The molecule has 19 heavy (non-hydrogen) atoms. The van der Waals surface area contributed by atoms with Gasteiger partial charge in [-0.2, -0.15) is 5.26 Å². The number of ether oxygens (including phenoxy) is 1. The van der Waals surface area contributed by atoms with E-state index >= 15 is 0 Å². The molecule has 0 bridgehead atoms. The largest absolute Gasteiger partial charge is 0.465 e. The molecule has 0 saturated carbocycles. The monoisotopic (exact) mass is 277 g/mol. The van der Waals surface area contributed by atoms with E-state index in [0.29, 0.717) is 23.8 Å². The van der Waals surface area contributed by atoms with Crippen LogP contribution in [-0.4, -0.2) is 18.3 Å². The minimum atomic E-state index is -0.153. The molecule has 4 heteroatoms. The topological polar surface area (TPSA) is 50.1 Å². The third-order valence-corrected chi connectivity index (χ3v) is 3.51. The van der Waals surface area contributed by atoms with Crippen LogP contribution in [0.2, 0.25) is 0 Å². The van der Waals surface area contributed by atoms with E-state index in [4.69, 9.17) is 10.00 Å². The summed E-state index contributed by atoms with van der Waals surface area (Å²) in [6.07, 6.45) is 0.909. The number of nitriles is 1. The highest BCUT2D eigenvalue weighted by Crippen LogP contribution is 2.13. The van der Waals surface area contributed by atoms with Crippen LogP contribution in [0.15, 0.2) is 24.3 Å². The summed E-state index contributed by atoms with van der Waals surface area (Å²) in [6.45, 7) is 4.72. The van der Waals surface area contributed by atoms with E-state index in [1.54, 1.807) is 12.1 Å². The van der Waals surface area contributed by atoms with E-state index in [-0.39, 0.29) is 5.97 Å². The highest BCUT2D eigenvalue weighted by atomic mass is 32.2. The first-order valence-electron chi connectivity index (χ1n) is 6.34. The third-order valence-electron chi connectivity index (χ3n) is 2.53. The molecule has 0 amide bonds. The highest BCUT2D eigenvalue weighted by Gasteiger charge is 2.04. The maximum atomic E-state index is 11.4. The summed E-state index contributed by atoms with van der Waals surface area (Å²) in [5.41, 5.74) is 1.76. The van der Waals surface area contributed by atoms with E-state index in [2.05, 4.69) is 19.9 Å². The number of carbonyl (C=O) groups excluding carboxylic acids is 1. The summed E-state index contributed by atoms with van der Waals surface area (Å²) >= 11 is 1.53. The summed E-state index contributed by atoms with van der Waals surface area (Å²) in [4.78, 5) is 11.4. The van der Waals surface area contributed by atoms with Gasteiger partial charge in [-0.25, -0.2) is 0 Å². The number of esters is 1. The van der Waals surface area contributed by atoms with Crippen LogP contribution in [0.5, 0.6) is 0 Å². The molecule has 1 aromatic rings. The van der Waals surface area contributed by atoms with Crippen molar-refractivity contribution in [3.8, 4) is 6.07 Å². The molecule has 0 N–H and O–H groups in total. The molecule has 0 aliphatic carbocycles. The Morgan fingerprint density at radius 2 is 2.05 bits per heavy atom. The second-order valence-corrected chi connectivity index (χ2v) is 5.69. The van der Waals surface area contributed by atoms with E-state index in [0.717, 1.165) is 17.7 Å². The van der Waals surface area contributed by atoms with Crippen LogP contribution in [-0.2, 0) is 15.3 Å². The van der Waals surface area contributed by atoms with Crippen molar-refractivity contribution in [3.63, 3.8) is 0 Å². The fourth-order valence-corrected chi connectivity index (χ4v) is 2.16. The number of hydrogen-bond donors (Lipinski definition) is 0. The number of benzene rings is 1. The second-order valence-electron chi connectivity index (χ2n) is 4.70. The molecule has 102 valence electrons. The van der Waals surface area contributed by atoms with Gasteiger partial charge in [0.2, 0.25) is 0 Å². The molecule has 0 unspecified atom stereocenters. The molecule has 0 saturated heterocycles. The number of hydrogen-bond acceptors (Lipinski definition) is 4. The van der Waals surface area contributed by atoms with Crippen LogP contribution in [0.3, 0.4) is 0 Å². The fraction of sp³-hybridized carbons (Fsp3) is 0.467. The van der Waals surface area contributed by atoms with Crippen molar-refractivity contribution < 1.29 is 9.53 Å². The van der Waals surface area contributed by atoms with Crippen molar-refractivity contribution in [1.29, 1.82) is 5.26 Å². The lowest BCUT2D eigenvalue weighted by Crippen LogP contribution is -2.10. The summed E-state index contributed by atoms with van der Waals surface area (Å²) < 4.78 is 5.12. The molecule has 0 spiro atoms. The van der Waals surface area contributed by atoms with Gasteiger partial charge in [-0.3, -0.25) is 4.79 Å². The van der Waals surface area contributed by atoms with E-state index in [1.807, 2.05) is 12.1 Å².